The van der Waals surface area contributed by atoms with Crippen LogP contribution in [-0.4, -0.2) is 60.4 Å². The Morgan fingerprint density at radius 2 is 1.68 bits per heavy atom. The topological polar surface area (TPSA) is 52.7 Å². The van der Waals surface area contributed by atoms with Crippen LogP contribution in [0.1, 0.15) is 29.6 Å². The third-order valence-corrected chi connectivity index (χ3v) is 4.47. The summed E-state index contributed by atoms with van der Waals surface area (Å²) >= 11 is 0. The second kappa shape index (κ2) is 6.92. The molecule has 0 spiro atoms. The van der Waals surface area contributed by atoms with Crippen molar-refractivity contribution >= 4 is 11.8 Å². The Bertz CT molecular complexity index is 526. The maximum Gasteiger partial charge on any atom is 0.253 e. The molecule has 2 heterocycles. The molecular formula is C17H23N3O2. The summed E-state index contributed by atoms with van der Waals surface area (Å²) in [6, 6.07) is 9.35. The monoisotopic (exact) mass is 301 g/mol. The van der Waals surface area contributed by atoms with E-state index >= 15 is 0 Å². The standard InChI is InChI=1S/C17H23N3O2/c21-16(14-6-2-1-3-7-14)19-10-5-11-20(13-12-19)17(22)15-8-4-9-18-15/h1-3,6-7,15,18H,4-5,8-13H2. The number of rotatable bonds is 2. The van der Waals surface area contributed by atoms with E-state index in [1.165, 1.54) is 0 Å². The predicted molar refractivity (Wildman–Crippen MR) is 84.6 cm³/mol. The molecule has 2 saturated heterocycles. The largest absolute Gasteiger partial charge is 0.340 e. The fraction of sp³-hybridized carbons (Fsp3) is 0.529. The molecule has 2 aliphatic rings. The third kappa shape index (κ3) is 3.30. The SMILES string of the molecule is O=C(c1ccccc1)N1CCCN(C(=O)C2CCCN2)CC1. The zero-order valence-corrected chi connectivity index (χ0v) is 12.8. The lowest BCUT2D eigenvalue weighted by atomic mass is 10.2. The maximum atomic E-state index is 12.5. The molecule has 1 atom stereocenters. The minimum absolute atomic E-state index is 0.0172. The molecule has 118 valence electrons. The Morgan fingerprint density at radius 3 is 2.41 bits per heavy atom. The van der Waals surface area contributed by atoms with Crippen LogP contribution < -0.4 is 5.32 Å². The fourth-order valence-electron chi connectivity index (χ4n) is 3.22. The van der Waals surface area contributed by atoms with Crippen molar-refractivity contribution in [2.75, 3.05) is 32.7 Å². The molecule has 2 aliphatic heterocycles. The number of carbonyl (C=O) groups is 2. The molecule has 22 heavy (non-hydrogen) atoms. The lowest BCUT2D eigenvalue weighted by Crippen LogP contribution is -2.45. The van der Waals surface area contributed by atoms with E-state index in [0.29, 0.717) is 13.1 Å². The van der Waals surface area contributed by atoms with E-state index in [9.17, 15) is 9.59 Å². The van der Waals surface area contributed by atoms with Gasteiger partial charge in [-0.3, -0.25) is 9.59 Å². The van der Waals surface area contributed by atoms with Crippen molar-refractivity contribution in [2.45, 2.75) is 25.3 Å². The van der Waals surface area contributed by atoms with Crippen molar-refractivity contribution in [3.05, 3.63) is 35.9 Å². The van der Waals surface area contributed by atoms with E-state index in [4.69, 9.17) is 0 Å². The summed E-state index contributed by atoms with van der Waals surface area (Å²) in [5.74, 6) is 0.264. The van der Waals surface area contributed by atoms with Gasteiger partial charge < -0.3 is 15.1 Å². The molecule has 0 aromatic heterocycles. The van der Waals surface area contributed by atoms with Crippen LogP contribution in [0.2, 0.25) is 0 Å². The minimum Gasteiger partial charge on any atom is -0.340 e. The van der Waals surface area contributed by atoms with Crippen molar-refractivity contribution in [3.63, 3.8) is 0 Å². The van der Waals surface area contributed by atoms with Crippen LogP contribution in [-0.2, 0) is 4.79 Å². The van der Waals surface area contributed by atoms with Gasteiger partial charge in [-0.25, -0.2) is 0 Å². The van der Waals surface area contributed by atoms with Gasteiger partial charge in [0.25, 0.3) is 5.91 Å². The van der Waals surface area contributed by atoms with Crippen LogP contribution in [0.5, 0.6) is 0 Å². The molecule has 5 nitrogen and oxygen atoms in total. The van der Waals surface area contributed by atoms with Crippen LogP contribution in [0.25, 0.3) is 0 Å². The van der Waals surface area contributed by atoms with Crippen LogP contribution in [0.15, 0.2) is 30.3 Å². The van der Waals surface area contributed by atoms with E-state index in [2.05, 4.69) is 5.32 Å². The van der Waals surface area contributed by atoms with Crippen molar-refractivity contribution in [1.29, 1.82) is 0 Å². The van der Waals surface area contributed by atoms with Gasteiger partial charge in [0.05, 0.1) is 6.04 Å². The van der Waals surface area contributed by atoms with Crippen LogP contribution in [0.3, 0.4) is 0 Å². The third-order valence-electron chi connectivity index (χ3n) is 4.47. The second-order valence-electron chi connectivity index (χ2n) is 5.99. The molecule has 1 unspecified atom stereocenters. The van der Waals surface area contributed by atoms with Crippen LogP contribution in [0, 0.1) is 0 Å². The number of nitrogens with one attached hydrogen (secondary N) is 1. The average Bonchev–Trinajstić information content (AvgIpc) is 2.99. The summed E-state index contributed by atoms with van der Waals surface area (Å²) in [6.07, 6.45) is 2.85. The number of nitrogens with zero attached hydrogens (tertiary/aromatic N) is 2. The summed E-state index contributed by atoms with van der Waals surface area (Å²) in [4.78, 5) is 28.7. The number of hydrogen-bond donors (Lipinski definition) is 1. The number of benzene rings is 1. The lowest BCUT2D eigenvalue weighted by Gasteiger charge is -2.24. The average molecular weight is 301 g/mol. The Labute approximate surface area is 131 Å². The van der Waals surface area contributed by atoms with Crippen molar-refractivity contribution < 1.29 is 9.59 Å². The van der Waals surface area contributed by atoms with Gasteiger partial charge in [-0.15, -0.1) is 0 Å². The Hall–Kier alpha value is -1.88. The molecule has 1 N–H and O–H groups in total. The highest BCUT2D eigenvalue weighted by atomic mass is 16.2. The van der Waals surface area contributed by atoms with Gasteiger partial charge in [-0.2, -0.15) is 0 Å². The van der Waals surface area contributed by atoms with E-state index in [0.717, 1.165) is 44.5 Å². The zero-order chi connectivity index (χ0) is 15.4. The normalized spacial score (nSPS) is 22.5. The molecule has 2 fully saturated rings. The summed E-state index contributed by atoms with van der Waals surface area (Å²) in [7, 11) is 0. The summed E-state index contributed by atoms with van der Waals surface area (Å²) < 4.78 is 0. The molecule has 0 saturated carbocycles. The molecule has 0 radical (unpaired) electrons. The Kier molecular flexibility index (Phi) is 4.73. The highest BCUT2D eigenvalue weighted by molar-refractivity contribution is 5.94. The first kappa shape index (κ1) is 15.0. The molecule has 0 bridgehead atoms. The fourth-order valence-corrected chi connectivity index (χ4v) is 3.22. The number of hydrogen-bond acceptors (Lipinski definition) is 3. The smallest absolute Gasteiger partial charge is 0.253 e. The highest BCUT2D eigenvalue weighted by Crippen LogP contribution is 2.13. The minimum atomic E-state index is -0.0172. The van der Waals surface area contributed by atoms with E-state index < -0.39 is 0 Å². The first-order valence-corrected chi connectivity index (χ1v) is 8.12. The molecule has 1 aromatic rings. The predicted octanol–water partition coefficient (Wildman–Crippen LogP) is 1.11. The number of carbonyl (C=O) groups excluding carboxylic acids is 2. The van der Waals surface area contributed by atoms with Gasteiger partial charge in [0.1, 0.15) is 0 Å². The van der Waals surface area contributed by atoms with Gasteiger partial charge in [0, 0.05) is 31.7 Å². The number of amides is 2. The van der Waals surface area contributed by atoms with Gasteiger partial charge in [-0.05, 0) is 37.9 Å². The second-order valence-corrected chi connectivity index (χ2v) is 5.99. The molecule has 3 rings (SSSR count). The summed E-state index contributed by atoms with van der Waals surface area (Å²) in [6.45, 7) is 3.65. The van der Waals surface area contributed by atoms with Gasteiger partial charge >= 0.3 is 0 Å². The van der Waals surface area contributed by atoms with Crippen molar-refractivity contribution in [2.24, 2.45) is 0 Å². The first-order valence-electron chi connectivity index (χ1n) is 8.12. The lowest BCUT2D eigenvalue weighted by molar-refractivity contribution is -0.132. The first-order chi connectivity index (χ1) is 10.8. The Morgan fingerprint density at radius 1 is 0.955 bits per heavy atom. The maximum absolute atomic E-state index is 12.5. The molecule has 1 aromatic carbocycles. The quantitative estimate of drug-likeness (QED) is 0.890. The van der Waals surface area contributed by atoms with Gasteiger partial charge in [0.2, 0.25) is 5.91 Å². The van der Waals surface area contributed by atoms with Crippen molar-refractivity contribution in [1.82, 2.24) is 15.1 Å². The molecular weight excluding hydrogens is 278 g/mol. The highest BCUT2D eigenvalue weighted by Gasteiger charge is 2.29. The van der Waals surface area contributed by atoms with Crippen LogP contribution >= 0.6 is 0 Å². The summed E-state index contributed by atoms with van der Waals surface area (Å²) in [5.41, 5.74) is 0.722. The van der Waals surface area contributed by atoms with E-state index in [1.54, 1.807) is 0 Å². The summed E-state index contributed by atoms with van der Waals surface area (Å²) in [5, 5.41) is 3.26. The van der Waals surface area contributed by atoms with Gasteiger partial charge in [0.15, 0.2) is 0 Å². The zero-order valence-electron chi connectivity index (χ0n) is 12.8. The molecule has 0 aliphatic carbocycles. The van der Waals surface area contributed by atoms with Crippen LogP contribution in [0.4, 0.5) is 0 Å². The van der Waals surface area contributed by atoms with Crippen molar-refractivity contribution in [3.8, 4) is 0 Å². The van der Waals surface area contributed by atoms with Gasteiger partial charge in [-0.1, -0.05) is 18.2 Å². The Balaban J connectivity index is 1.60. The molecule has 5 heteroatoms. The van der Waals surface area contributed by atoms with E-state index in [1.807, 2.05) is 40.1 Å². The molecule has 2 amide bonds. The van der Waals surface area contributed by atoms with E-state index in [-0.39, 0.29) is 17.9 Å².